The molecule has 0 bridgehead atoms. The van der Waals surface area contributed by atoms with E-state index in [-0.39, 0.29) is 17.2 Å². The van der Waals surface area contributed by atoms with Crippen molar-refractivity contribution in [2.24, 2.45) is 0 Å². The van der Waals surface area contributed by atoms with Crippen LogP contribution in [0.1, 0.15) is 11.4 Å². The molecule has 0 aliphatic carbocycles. The maximum absolute atomic E-state index is 13.1. The summed E-state index contributed by atoms with van der Waals surface area (Å²) in [5, 5.41) is 10.7. The molecule has 0 aliphatic heterocycles. The van der Waals surface area contributed by atoms with E-state index in [1.54, 1.807) is 0 Å². The van der Waals surface area contributed by atoms with Crippen LogP contribution in [-0.2, 0) is 6.18 Å². The van der Waals surface area contributed by atoms with Crippen LogP contribution in [0.3, 0.4) is 0 Å². The number of rotatable bonds is 2. The molecule has 106 valence electrons. The van der Waals surface area contributed by atoms with E-state index in [0.717, 1.165) is 10.6 Å². The minimum absolute atomic E-state index is 0.288. The highest BCUT2D eigenvalue weighted by Gasteiger charge is 2.37. The number of nitrogens with zero attached hydrogens (tertiary/aromatic N) is 3. The lowest BCUT2D eigenvalue weighted by Gasteiger charge is -2.16. The molecule has 0 amide bonds. The zero-order valence-corrected chi connectivity index (χ0v) is 10.2. The van der Waals surface area contributed by atoms with Gasteiger partial charge in [0.15, 0.2) is 0 Å². The molecule has 9 heteroatoms. The molecule has 20 heavy (non-hydrogen) atoms. The number of aromatic nitrogens is 2. The molecule has 2 N–H and O–H groups in total. The van der Waals surface area contributed by atoms with E-state index >= 15 is 0 Å². The molecule has 0 radical (unpaired) electrons. The fourth-order valence-corrected chi connectivity index (χ4v) is 1.85. The van der Waals surface area contributed by atoms with E-state index < -0.39 is 22.4 Å². The van der Waals surface area contributed by atoms with Crippen molar-refractivity contribution in [1.29, 1.82) is 0 Å². The molecule has 1 heterocycles. The number of nitro groups is 1. The van der Waals surface area contributed by atoms with E-state index in [0.29, 0.717) is 6.07 Å². The molecular formula is C11H9F3N4O2. The molecule has 1 aromatic heterocycles. The van der Waals surface area contributed by atoms with Crippen LogP contribution in [0.5, 0.6) is 0 Å². The molecular weight excluding hydrogens is 277 g/mol. The molecule has 2 aromatic rings. The largest absolute Gasteiger partial charge is 0.418 e. The summed E-state index contributed by atoms with van der Waals surface area (Å²) < 4.78 is 40.4. The lowest BCUT2D eigenvalue weighted by molar-refractivity contribution is -0.385. The van der Waals surface area contributed by atoms with Crippen molar-refractivity contribution in [2.45, 2.75) is 13.1 Å². The van der Waals surface area contributed by atoms with E-state index in [2.05, 4.69) is 4.98 Å². The summed E-state index contributed by atoms with van der Waals surface area (Å²) in [7, 11) is 0. The van der Waals surface area contributed by atoms with Gasteiger partial charge in [0.05, 0.1) is 21.9 Å². The van der Waals surface area contributed by atoms with Crippen molar-refractivity contribution < 1.29 is 18.1 Å². The average Bonchev–Trinajstić information content (AvgIpc) is 2.73. The molecule has 0 unspecified atom stereocenters. The Kier molecular flexibility index (Phi) is 3.12. The van der Waals surface area contributed by atoms with Gasteiger partial charge in [-0.3, -0.25) is 10.1 Å². The van der Waals surface area contributed by atoms with Crippen LogP contribution in [0.15, 0.2) is 24.5 Å². The minimum Gasteiger partial charge on any atom is -0.397 e. The maximum Gasteiger partial charge on any atom is 0.418 e. The third kappa shape index (κ3) is 2.29. The van der Waals surface area contributed by atoms with Gasteiger partial charge in [-0.05, 0) is 6.92 Å². The Hall–Kier alpha value is -2.58. The number of nitro benzene ring substituents is 1. The molecule has 1 aromatic carbocycles. The molecule has 2 rings (SSSR count). The number of anilines is 1. The third-order valence-electron chi connectivity index (χ3n) is 2.71. The van der Waals surface area contributed by atoms with Gasteiger partial charge in [0, 0.05) is 24.5 Å². The number of alkyl halides is 3. The highest BCUT2D eigenvalue weighted by Crippen LogP contribution is 2.39. The summed E-state index contributed by atoms with van der Waals surface area (Å²) >= 11 is 0. The molecule has 6 nitrogen and oxygen atoms in total. The van der Waals surface area contributed by atoms with Gasteiger partial charge in [-0.1, -0.05) is 0 Å². The molecule has 0 aliphatic rings. The first-order valence-corrected chi connectivity index (χ1v) is 5.37. The Bertz CT molecular complexity index is 679. The van der Waals surface area contributed by atoms with Crippen molar-refractivity contribution in [3.63, 3.8) is 0 Å². The number of nitrogens with two attached hydrogens (primary N) is 1. The summed E-state index contributed by atoms with van der Waals surface area (Å²) in [5.41, 5.74) is 2.97. The number of halogens is 3. The third-order valence-corrected chi connectivity index (χ3v) is 2.71. The Balaban J connectivity index is 2.80. The number of hydrogen-bond acceptors (Lipinski definition) is 4. The van der Waals surface area contributed by atoms with Crippen molar-refractivity contribution in [2.75, 3.05) is 5.73 Å². The van der Waals surface area contributed by atoms with Gasteiger partial charge in [0.25, 0.3) is 5.69 Å². The fraction of sp³-hybridized carbons (Fsp3) is 0.182. The van der Waals surface area contributed by atoms with Crippen molar-refractivity contribution in [3.05, 3.63) is 46.0 Å². The summed E-state index contributed by atoms with van der Waals surface area (Å²) in [6, 6.07) is 1.36. The summed E-state index contributed by atoms with van der Waals surface area (Å²) in [4.78, 5) is 13.6. The smallest absolute Gasteiger partial charge is 0.397 e. The lowest BCUT2D eigenvalue weighted by Crippen LogP contribution is -2.14. The fourth-order valence-electron chi connectivity index (χ4n) is 1.85. The minimum atomic E-state index is -4.77. The molecule has 0 fully saturated rings. The van der Waals surface area contributed by atoms with Gasteiger partial charge < -0.3 is 10.3 Å². The molecule has 0 spiro atoms. The predicted molar refractivity (Wildman–Crippen MR) is 64.4 cm³/mol. The Morgan fingerprint density at radius 2 is 2.05 bits per heavy atom. The van der Waals surface area contributed by atoms with E-state index in [1.165, 1.54) is 19.3 Å². The number of aryl methyl sites for hydroxylation is 1. The van der Waals surface area contributed by atoms with Crippen LogP contribution in [0.25, 0.3) is 5.69 Å². The molecule has 0 atom stereocenters. The van der Waals surface area contributed by atoms with Gasteiger partial charge in [0.2, 0.25) is 0 Å². The van der Waals surface area contributed by atoms with Crippen LogP contribution < -0.4 is 5.73 Å². The van der Waals surface area contributed by atoms with Gasteiger partial charge in [-0.25, -0.2) is 4.98 Å². The summed E-state index contributed by atoms with van der Waals surface area (Å²) in [6.07, 6.45) is -2.15. The van der Waals surface area contributed by atoms with Gasteiger partial charge in [-0.2, -0.15) is 13.2 Å². The first-order valence-electron chi connectivity index (χ1n) is 5.37. The first-order chi connectivity index (χ1) is 9.21. The Morgan fingerprint density at radius 3 is 2.50 bits per heavy atom. The summed E-state index contributed by atoms with van der Waals surface area (Å²) in [5.74, 6) is 0.288. The SMILES string of the molecule is Cc1nccn1-c1c(N)cc([N+](=O)[O-])cc1C(F)(F)F. The molecule has 0 saturated carbocycles. The molecule has 0 saturated heterocycles. The predicted octanol–water partition coefficient (Wildman–Crippen LogP) is 2.69. The first kappa shape index (κ1) is 13.8. The zero-order valence-electron chi connectivity index (χ0n) is 10.2. The number of nitrogen functional groups attached to an aromatic ring is 1. The van der Waals surface area contributed by atoms with Crippen molar-refractivity contribution in [1.82, 2.24) is 9.55 Å². The van der Waals surface area contributed by atoms with Crippen molar-refractivity contribution >= 4 is 11.4 Å². The number of non-ortho nitro benzene ring substituents is 1. The topological polar surface area (TPSA) is 87.0 Å². The van der Waals surface area contributed by atoms with E-state index in [4.69, 9.17) is 5.73 Å². The second kappa shape index (κ2) is 4.51. The number of imidazole rings is 1. The summed E-state index contributed by atoms with van der Waals surface area (Å²) in [6.45, 7) is 1.50. The van der Waals surface area contributed by atoms with E-state index in [9.17, 15) is 23.3 Å². The normalized spacial score (nSPS) is 11.6. The van der Waals surface area contributed by atoms with Crippen LogP contribution in [-0.4, -0.2) is 14.5 Å². The van der Waals surface area contributed by atoms with Crippen LogP contribution in [0.2, 0.25) is 0 Å². The quantitative estimate of drug-likeness (QED) is 0.522. The van der Waals surface area contributed by atoms with Crippen LogP contribution in [0.4, 0.5) is 24.5 Å². The zero-order chi connectivity index (χ0) is 15.1. The number of benzene rings is 1. The Labute approximate surface area is 110 Å². The highest BCUT2D eigenvalue weighted by atomic mass is 19.4. The Morgan fingerprint density at radius 1 is 1.40 bits per heavy atom. The standard InChI is InChI=1S/C11H9F3N4O2/c1-6-16-2-3-17(6)10-8(11(12,13)14)4-7(18(19)20)5-9(10)15/h2-5H,15H2,1H3. The average molecular weight is 286 g/mol. The monoisotopic (exact) mass is 286 g/mol. The second-order valence-electron chi connectivity index (χ2n) is 4.03. The van der Waals surface area contributed by atoms with Crippen LogP contribution in [0, 0.1) is 17.0 Å². The van der Waals surface area contributed by atoms with Crippen LogP contribution >= 0.6 is 0 Å². The second-order valence-corrected chi connectivity index (χ2v) is 4.03. The van der Waals surface area contributed by atoms with Gasteiger partial charge >= 0.3 is 6.18 Å². The maximum atomic E-state index is 13.1. The highest BCUT2D eigenvalue weighted by molar-refractivity contribution is 5.68. The van der Waals surface area contributed by atoms with Gasteiger partial charge in [0.1, 0.15) is 5.82 Å². The number of hydrogen-bond donors (Lipinski definition) is 1. The lowest BCUT2D eigenvalue weighted by atomic mass is 10.1. The van der Waals surface area contributed by atoms with Gasteiger partial charge in [-0.15, -0.1) is 0 Å². The van der Waals surface area contributed by atoms with E-state index in [1.807, 2.05) is 0 Å². The van der Waals surface area contributed by atoms with Crippen molar-refractivity contribution in [3.8, 4) is 5.69 Å².